The minimum atomic E-state index is 0.114. The summed E-state index contributed by atoms with van der Waals surface area (Å²) in [6.07, 6.45) is 1.98. The van der Waals surface area contributed by atoms with Gasteiger partial charge in [0, 0.05) is 18.0 Å². The van der Waals surface area contributed by atoms with Crippen molar-refractivity contribution >= 4 is 17.7 Å². The van der Waals surface area contributed by atoms with Crippen LogP contribution in [0.4, 0.5) is 0 Å². The Balaban J connectivity index is 2.99. The molecule has 2 nitrogen and oxygen atoms in total. The summed E-state index contributed by atoms with van der Waals surface area (Å²) in [6.45, 7) is 7.48. The summed E-state index contributed by atoms with van der Waals surface area (Å²) in [5, 5.41) is 1.99. The molecule has 0 N–H and O–H groups in total. The summed E-state index contributed by atoms with van der Waals surface area (Å²) in [5.41, 5.74) is 0.791. The molecule has 0 aliphatic rings. The van der Waals surface area contributed by atoms with Crippen LogP contribution in [0.15, 0.2) is 40.6 Å². The molecular weight excluding hydrogens is 230 g/mol. The second-order valence-electron chi connectivity index (χ2n) is 3.56. The van der Waals surface area contributed by atoms with Gasteiger partial charge in [-0.25, -0.2) is 0 Å². The van der Waals surface area contributed by atoms with E-state index in [0.717, 1.165) is 23.5 Å². The van der Waals surface area contributed by atoms with Crippen molar-refractivity contribution in [1.29, 1.82) is 0 Å². The number of carbonyl (C=O) groups is 1. The van der Waals surface area contributed by atoms with E-state index in [-0.39, 0.29) is 5.91 Å². The molecule has 3 heteroatoms. The van der Waals surface area contributed by atoms with Crippen molar-refractivity contribution in [3.05, 3.63) is 41.3 Å². The molecule has 0 saturated heterocycles. The maximum absolute atomic E-state index is 12.3. The lowest BCUT2D eigenvalue weighted by atomic mass is 10.2. The van der Waals surface area contributed by atoms with Gasteiger partial charge in [0.25, 0.3) is 5.91 Å². The Morgan fingerprint density at radius 3 is 2.53 bits per heavy atom. The average molecular weight is 249 g/mol. The molecule has 92 valence electrons. The number of rotatable bonds is 5. The fourth-order valence-corrected chi connectivity index (χ4v) is 2.29. The van der Waals surface area contributed by atoms with Crippen LogP contribution in [0.1, 0.15) is 31.1 Å². The van der Waals surface area contributed by atoms with Crippen LogP contribution in [-0.2, 0) is 0 Å². The first-order chi connectivity index (χ1) is 8.24. The smallest absolute Gasteiger partial charge is 0.254 e. The number of carbonyl (C=O) groups excluding carboxylic acids is 1. The van der Waals surface area contributed by atoms with E-state index >= 15 is 0 Å². The second kappa shape index (κ2) is 7.17. The quantitative estimate of drug-likeness (QED) is 0.740. The van der Waals surface area contributed by atoms with Gasteiger partial charge in [0.2, 0.25) is 0 Å². The van der Waals surface area contributed by atoms with Crippen molar-refractivity contribution in [2.45, 2.75) is 25.7 Å². The van der Waals surface area contributed by atoms with E-state index in [2.05, 4.69) is 0 Å². The van der Waals surface area contributed by atoms with Crippen LogP contribution in [-0.4, -0.2) is 23.9 Å². The van der Waals surface area contributed by atoms with Gasteiger partial charge in [0.15, 0.2) is 0 Å². The van der Waals surface area contributed by atoms with Crippen molar-refractivity contribution < 1.29 is 4.79 Å². The highest BCUT2D eigenvalue weighted by atomic mass is 32.2. The monoisotopic (exact) mass is 249 g/mol. The molecule has 0 heterocycles. The van der Waals surface area contributed by atoms with E-state index in [4.69, 9.17) is 0 Å². The zero-order chi connectivity index (χ0) is 12.7. The van der Waals surface area contributed by atoms with Gasteiger partial charge in [0.05, 0.1) is 5.56 Å². The number of hydrogen-bond acceptors (Lipinski definition) is 2. The summed E-state index contributed by atoms with van der Waals surface area (Å²) in [7, 11) is 0. The molecule has 0 bridgehead atoms. The van der Waals surface area contributed by atoms with Crippen LogP contribution in [0, 0.1) is 0 Å². The number of benzene rings is 1. The normalized spacial score (nSPS) is 10.8. The molecule has 0 unspecified atom stereocenters. The molecule has 1 rings (SSSR count). The van der Waals surface area contributed by atoms with Crippen molar-refractivity contribution in [1.82, 2.24) is 4.90 Å². The lowest BCUT2D eigenvalue weighted by Crippen LogP contribution is -2.30. The third-order valence-corrected chi connectivity index (χ3v) is 3.52. The van der Waals surface area contributed by atoms with Crippen LogP contribution in [0.2, 0.25) is 0 Å². The Bertz CT molecular complexity index is 397. The Kier molecular flexibility index (Phi) is 5.84. The van der Waals surface area contributed by atoms with Gasteiger partial charge >= 0.3 is 0 Å². The second-order valence-corrected chi connectivity index (χ2v) is 4.51. The largest absolute Gasteiger partial charge is 0.339 e. The maximum atomic E-state index is 12.3. The summed E-state index contributed by atoms with van der Waals surface area (Å²) in [4.78, 5) is 15.1. The number of amides is 1. The minimum Gasteiger partial charge on any atom is -0.339 e. The zero-order valence-electron chi connectivity index (χ0n) is 10.6. The Labute approximate surface area is 108 Å². The van der Waals surface area contributed by atoms with Crippen LogP contribution >= 0.6 is 11.8 Å². The van der Waals surface area contributed by atoms with Gasteiger partial charge < -0.3 is 4.90 Å². The molecule has 0 aliphatic carbocycles. The molecule has 17 heavy (non-hydrogen) atoms. The van der Waals surface area contributed by atoms with E-state index in [9.17, 15) is 4.79 Å². The molecule has 0 radical (unpaired) electrons. The fraction of sp³-hybridized carbons (Fsp3) is 0.357. The van der Waals surface area contributed by atoms with E-state index in [0.29, 0.717) is 0 Å². The van der Waals surface area contributed by atoms with Gasteiger partial charge in [-0.2, -0.15) is 0 Å². The zero-order valence-corrected chi connectivity index (χ0v) is 11.5. The number of nitrogens with zero attached hydrogens (tertiary/aromatic N) is 1. The van der Waals surface area contributed by atoms with Crippen molar-refractivity contribution in [3.8, 4) is 0 Å². The topological polar surface area (TPSA) is 20.3 Å². The van der Waals surface area contributed by atoms with Crippen molar-refractivity contribution in [2.24, 2.45) is 0 Å². The van der Waals surface area contributed by atoms with Crippen molar-refractivity contribution in [2.75, 3.05) is 13.1 Å². The molecule has 0 fully saturated rings. The third-order valence-electron chi connectivity index (χ3n) is 2.50. The van der Waals surface area contributed by atoms with Crippen LogP contribution in [0.5, 0.6) is 0 Å². The first-order valence-corrected chi connectivity index (χ1v) is 6.78. The summed E-state index contributed by atoms with van der Waals surface area (Å²) < 4.78 is 0. The predicted octanol–water partition coefficient (Wildman–Crippen LogP) is 3.79. The number of hydrogen-bond donors (Lipinski definition) is 0. The molecule has 0 aliphatic heterocycles. The highest BCUT2D eigenvalue weighted by molar-refractivity contribution is 8.02. The first-order valence-electron chi connectivity index (χ1n) is 5.90. The Morgan fingerprint density at radius 1 is 1.29 bits per heavy atom. The minimum absolute atomic E-state index is 0.114. The average Bonchev–Trinajstić information content (AvgIpc) is 2.38. The Morgan fingerprint density at radius 2 is 1.94 bits per heavy atom. The highest BCUT2D eigenvalue weighted by Crippen LogP contribution is 2.24. The van der Waals surface area contributed by atoms with Crippen LogP contribution in [0.25, 0.3) is 0 Å². The van der Waals surface area contributed by atoms with E-state index < -0.39 is 0 Å². The van der Waals surface area contributed by atoms with Gasteiger partial charge in [-0.3, -0.25) is 4.79 Å². The highest BCUT2D eigenvalue weighted by Gasteiger charge is 2.15. The van der Waals surface area contributed by atoms with Gasteiger partial charge in [-0.15, -0.1) is 0 Å². The van der Waals surface area contributed by atoms with Gasteiger partial charge in [-0.1, -0.05) is 30.0 Å². The standard InChI is InChI=1S/C14H19NOS/c1-4-11-17-13-10-8-7-9-12(13)14(16)15(5-2)6-3/h4,7-11H,5-6H2,1-3H3. The molecule has 1 amide bonds. The molecule has 0 atom stereocenters. The summed E-state index contributed by atoms with van der Waals surface area (Å²) in [6, 6.07) is 7.76. The van der Waals surface area contributed by atoms with E-state index in [1.54, 1.807) is 11.8 Å². The van der Waals surface area contributed by atoms with Crippen LogP contribution < -0.4 is 0 Å². The lowest BCUT2D eigenvalue weighted by Gasteiger charge is -2.19. The predicted molar refractivity (Wildman–Crippen MR) is 74.4 cm³/mol. The SMILES string of the molecule is CC=CSc1ccccc1C(=O)N(CC)CC. The van der Waals surface area contributed by atoms with Gasteiger partial charge in [0.1, 0.15) is 0 Å². The fourth-order valence-electron chi connectivity index (χ4n) is 1.57. The molecule has 1 aromatic rings. The summed E-state index contributed by atoms with van der Waals surface area (Å²) >= 11 is 1.59. The third kappa shape index (κ3) is 3.63. The number of allylic oxidation sites excluding steroid dienone is 1. The first kappa shape index (κ1) is 13.8. The maximum Gasteiger partial charge on any atom is 0.254 e. The Hall–Kier alpha value is -1.22. The van der Waals surface area contributed by atoms with E-state index in [1.807, 2.05) is 61.4 Å². The van der Waals surface area contributed by atoms with Gasteiger partial charge in [-0.05, 0) is 38.3 Å². The molecule has 0 aromatic heterocycles. The van der Waals surface area contributed by atoms with E-state index in [1.165, 1.54) is 0 Å². The van der Waals surface area contributed by atoms with Crippen LogP contribution in [0.3, 0.4) is 0 Å². The molecular formula is C14H19NOS. The molecule has 1 aromatic carbocycles. The number of thioether (sulfide) groups is 1. The lowest BCUT2D eigenvalue weighted by molar-refractivity contribution is 0.0769. The molecule has 0 saturated carbocycles. The molecule has 0 spiro atoms. The van der Waals surface area contributed by atoms with Crippen molar-refractivity contribution in [3.63, 3.8) is 0 Å². The summed E-state index contributed by atoms with van der Waals surface area (Å²) in [5.74, 6) is 0.114.